The molecule has 1 aromatic heterocycles. The van der Waals surface area contributed by atoms with E-state index in [1.807, 2.05) is 29.9 Å². The number of methoxy groups -OCH3 is 1. The molecule has 5 heteroatoms. The normalized spacial score (nSPS) is 26.8. The van der Waals surface area contributed by atoms with Gasteiger partial charge in [0.25, 0.3) is 5.91 Å². The molecule has 2 saturated heterocycles. The Morgan fingerprint density at radius 1 is 1.27 bits per heavy atom. The number of rotatable bonds is 4. The summed E-state index contributed by atoms with van der Waals surface area (Å²) in [5.74, 6) is 0.162. The van der Waals surface area contributed by atoms with E-state index in [1.165, 1.54) is 51.6 Å². The van der Waals surface area contributed by atoms with E-state index < -0.39 is 0 Å². The van der Waals surface area contributed by atoms with Crippen LogP contribution in [0.15, 0.2) is 18.3 Å². The maximum atomic E-state index is 13.2. The summed E-state index contributed by atoms with van der Waals surface area (Å²) in [6.07, 6.45) is 11.1. The van der Waals surface area contributed by atoms with E-state index in [0.29, 0.717) is 12.0 Å². The van der Waals surface area contributed by atoms with Crippen LogP contribution in [0.25, 0.3) is 0 Å². The van der Waals surface area contributed by atoms with Gasteiger partial charge in [-0.25, -0.2) is 0 Å². The molecule has 26 heavy (non-hydrogen) atoms. The van der Waals surface area contributed by atoms with E-state index >= 15 is 0 Å². The lowest BCUT2D eigenvalue weighted by Crippen LogP contribution is -2.45. The number of likely N-dealkylation sites (tertiary alicyclic amines) is 2. The first-order valence-corrected chi connectivity index (χ1v) is 10.3. The molecule has 0 N–H and O–H groups in total. The van der Waals surface area contributed by atoms with Crippen LogP contribution in [-0.2, 0) is 11.8 Å². The highest BCUT2D eigenvalue weighted by Gasteiger charge is 2.48. The van der Waals surface area contributed by atoms with Crippen LogP contribution in [0.2, 0.25) is 0 Å². The van der Waals surface area contributed by atoms with Gasteiger partial charge >= 0.3 is 0 Å². The molecule has 1 saturated carbocycles. The topological polar surface area (TPSA) is 37.7 Å². The predicted molar refractivity (Wildman–Crippen MR) is 102 cm³/mol. The minimum Gasteiger partial charge on any atom is -0.383 e. The van der Waals surface area contributed by atoms with Gasteiger partial charge in [0.2, 0.25) is 0 Å². The van der Waals surface area contributed by atoms with Gasteiger partial charge in [-0.05, 0) is 62.7 Å². The molecule has 3 aliphatic rings. The molecule has 0 radical (unpaired) electrons. The minimum atomic E-state index is 0.162. The predicted octanol–water partition coefficient (Wildman–Crippen LogP) is 2.91. The fraction of sp³-hybridized carbons (Fsp3) is 0.762. The molecular formula is C21H33N3O2. The Balaban J connectivity index is 1.45. The summed E-state index contributed by atoms with van der Waals surface area (Å²) in [6.45, 7) is 3.95. The van der Waals surface area contributed by atoms with E-state index in [1.54, 1.807) is 7.11 Å². The molecule has 1 amide bonds. The summed E-state index contributed by atoms with van der Waals surface area (Å²) >= 11 is 0. The summed E-state index contributed by atoms with van der Waals surface area (Å²) in [5.41, 5.74) is 1.07. The number of hydrogen-bond acceptors (Lipinski definition) is 3. The summed E-state index contributed by atoms with van der Waals surface area (Å²) in [6, 6.07) is 4.91. The number of aryl methyl sites for hydroxylation is 1. The molecule has 0 aromatic carbocycles. The van der Waals surface area contributed by atoms with Gasteiger partial charge in [0.05, 0.1) is 12.6 Å². The maximum Gasteiger partial charge on any atom is 0.270 e. The Morgan fingerprint density at radius 2 is 2.00 bits per heavy atom. The van der Waals surface area contributed by atoms with Crippen molar-refractivity contribution in [2.75, 3.05) is 33.4 Å². The molecule has 2 aliphatic heterocycles. The third-order valence-corrected chi connectivity index (χ3v) is 7.10. The van der Waals surface area contributed by atoms with Gasteiger partial charge in [-0.15, -0.1) is 0 Å². The second-order valence-corrected chi connectivity index (χ2v) is 8.72. The van der Waals surface area contributed by atoms with Crippen LogP contribution in [-0.4, -0.2) is 65.7 Å². The number of carbonyl (C=O) groups is 1. The van der Waals surface area contributed by atoms with Gasteiger partial charge in [0, 0.05) is 32.9 Å². The third kappa shape index (κ3) is 3.31. The number of carbonyl (C=O) groups excluding carboxylic acids is 1. The fourth-order valence-electron chi connectivity index (χ4n) is 5.57. The molecule has 1 aromatic rings. The van der Waals surface area contributed by atoms with Gasteiger partial charge in [0.1, 0.15) is 5.69 Å². The molecule has 1 spiro atoms. The first-order chi connectivity index (χ1) is 12.6. The maximum absolute atomic E-state index is 13.2. The largest absolute Gasteiger partial charge is 0.383 e. The summed E-state index contributed by atoms with van der Waals surface area (Å²) in [7, 11) is 3.70. The zero-order chi connectivity index (χ0) is 18.1. The number of hydrogen-bond donors (Lipinski definition) is 0. The van der Waals surface area contributed by atoms with E-state index in [2.05, 4.69) is 9.80 Å². The number of nitrogens with zero attached hydrogens (tertiary/aromatic N) is 3. The lowest BCUT2D eigenvalue weighted by molar-refractivity contribution is 0.0583. The van der Waals surface area contributed by atoms with Crippen molar-refractivity contribution in [2.45, 2.75) is 57.0 Å². The number of aromatic nitrogens is 1. The summed E-state index contributed by atoms with van der Waals surface area (Å²) < 4.78 is 7.41. The van der Waals surface area contributed by atoms with Crippen LogP contribution in [0.4, 0.5) is 0 Å². The molecule has 1 atom stereocenters. The van der Waals surface area contributed by atoms with E-state index in [-0.39, 0.29) is 11.9 Å². The monoisotopic (exact) mass is 359 g/mol. The average molecular weight is 360 g/mol. The van der Waals surface area contributed by atoms with Gasteiger partial charge in [-0.1, -0.05) is 12.8 Å². The van der Waals surface area contributed by atoms with Crippen molar-refractivity contribution in [1.82, 2.24) is 14.4 Å². The number of ether oxygens (including phenoxy) is 1. The molecule has 3 fully saturated rings. The highest BCUT2D eigenvalue weighted by Crippen LogP contribution is 2.45. The highest BCUT2D eigenvalue weighted by molar-refractivity contribution is 5.93. The molecule has 144 valence electrons. The first kappa shape index (κ1) is 18.1. The first-order valence-electron chi connectivity index (χ1n) is 10.3. The van der Waals surface area contributed by atoms with Crippen LogP contribution < -0.4 is 0 Å². The van der Waals surface area contributed by atoms with Crippen molar-refractivity contribution in [3.05, 3.63) is 24.0 Å². The summed E-state index contributed by atoms with van der Waals surface area (Å²) in [4.78, 5) is 18.0. The van der Waals surface area contributed by atoms with Crippen LogP contribution in [0.3, 0.4) is 0 Å². The van der Waals surface area contributed by atoms with Crippen molar-refractivity contribution >= 4 is 5.91 Å². The van der Waals surface area contributed by atoms with E-state index in [0.717, 1.165) is 24.7 Å². The standard InChI is InChI=1S/C21H33N3O2/c1-22-11-5-8-19(22)20(25)24-16-21(14-18(24)15-26-2)9-12-23(13-10-21)17-6-3-4-7-17/h5,8,11,17-18H,3-4,6-7,9-10,12-16H2,1-2H3. The van der Waals surface area contributed by atoms with Crippen molar-refractivity contribution < 1.29 is 9.53 Å². The van der Waals surface area contributed by atoms with Crippen LogP contribution in [0.5, 0.6) is 0 Å². The van der Waals surface area contributed by atoms with Gasteiger partial charge in [0.15, 0.2) is 0 Å². The Hall–Kier alpha value is -1.33. The second kappa shape index (κ2) is 7.35. The molecular weight excluding hydrogens is 326 g/mol. The third-order valence-electron chi connectivity index (χ3n) is 7.10. The van der Waals surface area contributed by atoms with Gasteiger partial charge in [-0.2, -0.15) is 0 Å². The second-order valence-electron chi connectivity index (χ2n) is 8.72. The Morgan fingerprint density at radius 3 is 2.62 bits per heavy atom. The zero-order valence-corrected chi connectivity index (χ0v) is 16.3. The Labute approximate surface area is 157 Å². The van der Waals surface area contributed by atoms with Crippen LogP contribution in [0, 0.1) is 5.41 Å². The van der Waals surface area contributed by atoms with Crippen molar-refractivity contribution in [3.8, 4) is 0 Å². The van der Waals surface area contributed by atoms with Crippen molar-refractivity contribution in [1.29, 1.82) is 0 Å². The van der Waals surface area contributed by atoms with Crippen LogP contribution in [0.1, 0.15) is 55.4 Å². The smallest absolute Gasteiger partial charge is 0.270 e. The van der Waals surface area contributed by atoms with E-state index in [9.17, 15) is 4.79 Å². The summed E-state index contributed by atoms with van der Waals surface area (Å²) in [5, 5.41) is 0. The lowest BCUT2D eigenvalue weighted by Gasteiger charge is -2.41. The quantitative estimate of drug-likeness (QED) is 0.830. The van der Waals surface area contributed by atoms with Crippen molar-refractivity contribution in [2.24, 2.45) is 12.5 Å². The van der Waals surface area contributed by atoms with E-state index in [4.69, 9.17) is 4.74 Å². The molecule has 0 bridgehead atoms. The molecule has 3 heterocycles. The molecule has 1 unspecified atom stereocenters. The van der Waals surface area contributed by atoms with Crippen molar-refractivity contribution in [3.63, 3.8) is 0 Å². The zero-order valence-electron chi connectivity index (χ0n) is 16.3. The number of amides is 1. The van der Waals surface area contributed by atoms with Gasteiger partial charge < -0.3 is 19.1 Å². The molecule has 5 nitrogen and oxygen atoms in total. The minimum absolute atomic E-state index is 0.162. The van der Waals surface area contributed by atoms with Gasteiger partial charge in [-0.3, -0.25) is 4.79 Å². The Bertz CT molecular complexity index is 627. The lowest BCUT2D eigenvalue weighted by atomic mass is 9.76. The molecule has 1 aliphatic carbocycles. The highest BCUT2D eigenvalue weighted by atomic mass is 16.5. The van der Waals surface area contributed by atoms with Crippen LogP contribution >= 0.6 is 0 Å². The average Bonchev–Trinajstić information content (AvgIpc) is 3.37. The number of piperidine rings is 1. The Kier molecular flexibility index (Phi) is 5.11. The molecule has 4 rings (SSSR count). The fourth-order valence-corrected chi connectivity index (χ4v) is 5.57. The SMILES string of the molecule is COCC1CC2(CCN(C3CCCC3)CC2)CN1C(=O)c1cccn1C.